The van der Waals surface area contributed by atoms with Crippen molar-refractivity contribution in [1.82, 2.24) is 0 Å². The lowest BCUT2D eigenvalue weighted by Gasteiger charge is -2.09. The number of hydrogen-bond acceptors (Lipinski definition) is 3. The van der Waals surface area contributed by atoms with Gasteiger partial charge in [-0.3, -0.25) is 0 Å². The van der Waals surface area contributed by atoms with Crippen LogP contribution in [-0.2, 0) is 4.84 Å². The molecule has 1 rings (SSSR count). The number of oxime groups is 1. The first-order valence-electron chi connectivity index (χ1n) is 3.18. The highest BCUT2D eigenvalue weighted by atomic mass is 16.6. The lowest BCUT2D eigenvalue weighted by molar-refractivity contribution is 0.0521. The van der Waals surface area contributed by atoms with E-state index in [1.807, 2.05) is 0 Å². The third-order valence-electron chi connectivity index (χ3n) is 1.46. The Bertz CT molecular complexity index is 131. The maximum atomic E-state index is 5.39. The minimum Gasteiger partial charge on any atom is -0.390 e. The highest BCUT2D eigenvalue weighted by molar-refractivity contribution is 5.81. The first-order valence-corrected chi connectivity index (χ1v) is 3.18. The Morgan fingerprint density at radius 2 is 2.44 bits per heavy atom. The van der Waals surface area contributed by atoms with Crippen molar-refractivity contribution in [2.45, 2.75) is 26.4 Å². The van der Waals surface area contributed by atoms with E-state index >= 15 is 0 Å². The Kier molecular flexibility index (Phi) is 1.60. The predicted molar refractivity (Wildman–Crippen MR) is 36.0 cm³/mol. The first-order chi connectivity index (χ1) is 4.20. The Balaban J connectivity index is 2.37. The second-order valence-electron chi connectivity index (χ2n) is 2.67. The van der Waals surface area contributed by atoms with Crippen LogP contribution >= 0.6 is 0 Å². The molecule has 1 aliphatic rings. The Labute approximate surface area is 54.9 Å². The van der Waals surface area contributed by atoms with E-state index < -0.39 is 0 Å². The molecule has 0 saturated carbocycles. The smallest absolute Gasteiger partial charge is 0.143 e. The first kappa shape index (κ1) is 6.39. The third-order valence-corrected chi connectivity index (χ3v) is 1.46. The number of nitrogens with zero attached hydrogens (tertiary/aromatic N) is 1. The highest BCUT2D eigenvalue weighted by Crippen LogP contribution is 2.15. The van der Waals surface area contributed by atoms with Crippen LogP contribution in [0.3, 0.4) is 0 Å². The van der Waals surface area contributed by atoms with Crippen molar-refractivity contribution in [3.05, 3.63) is 0 Å². The predicted octanol–water partition coefficient (Wildman–Crippen LogP) is 0.704. The molecule has 0 fully saturated rings. The monoisotopic (exact) mass is 128 g/mol. The fourth-order valence-corrected chi connectivity index (χ4v) is 0.773. The lowest BCUT2D eigenvalue weighted by atomic mass is 10.1. The van der Waals surface area contributed by atoms with Gasteiger partial charge in [0.15, 0.2) is 0 Å². The van der Waals surface area contributed by atoms with Gasteiger partial charge >= 0.3 is 0 Å². The zero-order chi connectivity index (χ0) is 6.85. The van der Waals surface area contributed by atoms with Crippen molar-refractivity contribution in [3.8, 4) is 0 Å². The number of nitrogens with two attached hydrogens (primary N) is 1. The molecule has 52 valence electrons. The highest BCUT2D eigenvalue weighted by Gasteiger charge is 2.21. The van der Waals surface area contributed by atoms with Gasteiger partial charge in [-0.05, 0) is 5.92 Å². The number of hydrogen-bond donors (Lipinski definition) is 1. The molecule has 0 spiro atoms. The lowest BCUT2D eigenvalue weighted by Crippen LogP contribution is -2.18. The van der Waals surface area contributed by atoms with Gasteiger partial charge in [-0.15, -0.1) is 0 Å². The van der Waals surface area contributed by atoms with Gasteiger partial charge in [0.05, 0.1) is 0 Å². The van der Waals surface area contributed by atoms with E-state index in [2.05, 4.69) is 19.0 Å². The Morgan fingerprint density at radius 1 is 1.78 bits per heavy atom. The SMILES string of the molecule is CC(C)C1CC(N)=NO1. The molecule has 0 amide bonds. The molecule has 2 N–H and O–H groups in total. The molecule has 9 heavy (non-hydrogen) atoms. The summed E-state index contributed by atoms with van der Waals surface area (Å²) in [5.74, 6) is 1.13. The van der Waals surface area contributed by atoms with Crippen LogP contribution in [0.2, 0.25) is 0 Å². The van der Waals surface area contributed by atoms with E-state index in [0.29, 0.717) is 11.8 Å². The normalized spacial score (nSPS) is 26.1. The maximum Gasteiger partial charge on any atom is 0.143 e. The van der Waals surface area contributed by atoms with Crippen LogP contribution in [-0.4, -0.2) is 11.9 Å². The average Bonchev–Trinajstić information content (AvgIpc) is 2.14. The maximum absolute atomic E-state index is 5.39. The average molecular weight is 128 g/mol. The zero-order valence-corrected chi connectivity index (χ0v) is 5.79. The second kappa shape index (κ2) is 2.25. The van der Waals surface area contributed by atoms with Crippen LogP contribution < -0.4 is 5.73 Å². The van der Waals surface area contributed by atoms with E-state index in [4.69, 9.17) is 10.6 Å². The van der Waals surface area contributed by atoms with Crippen molar-refractivity contribution in [2.24, 2.45) is 16.8 Å². The van der Waals surface area contributed by atoms with Crippen LogP contribution in [0.1, 0.15) is 20.3 Å². The van der Waals surface area contributed by atoms with E-state index in [9.17, 15) is 0 Å². The topological polar surface area (TPSA) is 47.6 Å². The summed E-state index contributed by atoms with van der Waals surface area (Å²) in [6.07, 6.45) is 1.00. The minimum absolute atomic E-state index is 0.213. The molecule has 0 aromatic heterocycles. The quantitative estimate of drug-likeness (QED) is 0.565. The van der Waals surface area contributed by atoms with Gasteiger partial charge in [0.1, 0.15) is 11.9 Å². The van der Waals surface area contributed by atoms with Gasteiger partial charge in [-0.2, -0.15) is 0 Å². The summed E-state index contributed by atoms with van der Waals surface area (Å²) in [5, 5.41) is 3.63. The second-order valence-corrected chi connectivity index (χ2v) is 2.67. The largest absolute Gasteiger partial charge is 0.390 e. The molecule has 0 aromatic carbocycles. The molecule has 0 aliphatic carbocycles. The number of rotatable bonds is 1. The fraction of sp³-hybridized carbons (Fsp3) is 0.833. The van der Waals surface area contributed by atoms with Crippen LogP contribution in [0, 0.1) is 5.92 Å². The van der Waals surface area contributed by atoms with Gasteiger partial charge in [0, 0.05) is 6.42 Å². The van der Waals surface area contributed by atoms with E-state index in [0.717, 1.165) is 6.42 Å². The van der Waals surface area contributed by atoms with Gasteiger partial charge < -0.3 is 10.6 Å². The molecule has 0 bridgehead atoms. The van der Waals surface area contributed by atoms with Crippen LogP contribution in [0.4, 0.5) is 0 Å². The van der Waals surface area contributed by atoms with Gasteiger partial charge in [0.25, 0.3) is 0 Å². The van der Waals surface area contributed by atoms with Gasteiger partial charge in [0.2, 0.25) is 0 Å². The molecule has 0 aromatic rings. The van der Waals surface area contributed by atoms with Crippen LogP contribution in [0.5, 0.6) is 0 Å². The van der Waals surface area contributed by atoms with E-state index in [1.165, 1.54) is 0 Å². The summed E-state index contributed by atoms with van der Waals surface area (Å²) < 4.78 is 0. The van der Waals surface area contributed by atoms with Crippen molar-refractivity contribution in [3.63, 3.8) is 0 Å². The molecule has 0 radical (unpaired) electrons. The van der Waals surface area contributed by atoms with Crippen molar-refractivity contribution < 1.29 is 4.84 Å². The van der Waals surface area contributed by atoms with E-state index in [-0.39, 0.29) is 6.10 Å². The van der Waals surface area contributed by atoms with Gasteiger partial charge in [-0.1, -0.05) is 19.0 Å². The molecule has 1 heterocycles. The van der Waals surface area contributed by atoms with Gasteiger partial charge in [-0.25, -0.2) is 0 Å². The van der Waals surface area contributed by atoms with Crippen molar-refractivity contribution in [1.29, 1.82) is 0 Å². The van der Waals surface area contributed by atoms with E-state index in [1.54, 1.807) is 0 Å². The molecule has 3 nitrogen and oxygen atoms in total. The Morgan fingerprint density at radius 3 is 2.67 bits per heavy atom. The molecule has 3 heteroatoms. The summed E-state index contributed by atoms with van der Waals surface area (Å²) in [6.45, 7) is 4.19. The molecule has 0 saturated heterocycles. The summed E-state index contributed by atoms with van der Waals surface area (Å²) in [7, 11) is 0. The summed E-state index contributed by atoms with van der Waals surface area (Å²) in [4.78, 5) is 4.99. The third kappa shape index (κ3) is 1.34. The summed E-state index contributed by atoms with van der Waals surface area (Å²) >= 11 is 0. The molecule has 1 atom stereocenters. The van der Waals surface area contributed by atoms with Crippen molar-refractivity contribution >= 4 is 5.84 Å². The minimum atomic E-state index is 0.213. The fourth-order valence-electron chi connectivity index (χ4n) is 0.773. The van der Waals surface area contributed by atoms with Crippen molar-refractivity contribution in [2.75, 3.05) is 0 Å². The molecular formula is C6H12N2O. The summed E-state index contributed by atoms with van der Waals surface area (Å²) in [5.41, 5.74) is 5.39. The van der Waals surface area contributed by atoms with Crippen LogP contribution in [0.15, 0.2) is 5.16 Å². The molecular weight excluding hydrogens is 116 g/mol. The van der Waals surface area contributed by atoms with Crippen LogP contribution in [0.25, 0.3) is 0 Å². The number of amidine groups is 1. The Hall–Kier alpha value is -0.730. The summed E-state index contributed by atoms with van der Waals surface area (Å²) in [6, 6.07) is 0. The zero-order valence-electron chi connectivity index (χ0n) is 5.79. The molecule has 1 unspecified atom stereocenters. The molecule has 1 aliphatic heterocycles. The standard InChI is InChI=1S/C6H12N2O/c1-4(2)5-3-6(7)8-9-5/h4-5H,3H2,1-2H3,(H2,7,8).